The Morgan fingerprint density at radius 1 is 1.25 bits per heavy atom. The summed E-state index contributed by atoms with van der Waals surface area (Å²) in [6, 6.07) is 12.8. The summed E-state index contributed by atoms with van der Waals surface area (Å²) >= 11 is 3.46. The highest BCUT2D eigenvalue weighted by molar-refractivity contribution is 9.10. The fraction of sp³-hybridized carbons (Fsp3) is 0.333. The second-order valence-corrected chi connectivity index (χ2v) is 8.79. The number of benzene rings is 2. The van der Waals surface area contributed by atoms with Gasteiger partial charge in [0.25, 0.3) is 0 Å². The third-order valence-electron chi connectivity index (χ3n) is 4.28. The van der Waals surface area contributed by atoms with E-state index < -0.39 is 10.0 Å². The third kappa shape index (κ3) is 3.36. The summed E-state index contributed by atoms with van der Waals surface area (Å²) < 4.78 is 34.6. The number of hydrogen-bond acceptors (Lipinski definition) is 3. The summed E-state index contributed by atoms with van der Waals surface area (Å²) in [5.41, 5.74) is 2.06. The Balaban J connectivity index is 2.04. The molecule has 0 aliphatic carbocycles. The van der Waals surface area contributed by atoms with Crippen molar-refractivity contribution >= 4 is 26.0 Å². The van der Waals surface area contributed by atoms with Gasteiger partial charge in [0.2, 0.25) is 10.0 Å². The molecule has 1 aliphatic rings. The van der Waals surface area contributed by atoms with Gasteiger partial charge in [-0.25, -0.2) is 8.42 Å². The van der Waals surface area contributed by atoms with Crippen LogP contribution in [-0.4, -0.2) is 25.4 Å². The second kappa shape index (κ2) is 6.86. The highest BCUT2D eigenvalue weighted by Crippen LogP contribution is 2.32. The maximum absolute atomic E-state index is 13.1. The van der Waals surface area contributed by atoms with E-state index in [9.17, 15) is 8.42 Å². The van der Waals surface area contributed by atoms with Crippen molar-refractivity contribution in [3.05, 3.63) is 58.1 Å². The number of para-hydroxylation sites is 1. The van der Waals surface area contributed by atoms with E-state index in [2.05, 4.69) is 15.9 Å². The van der Waals surface area contributed by atoms with E-state index in [0.29, 0.717) is 18.8 Å². The molecule has 0 saturated heterocycles. The zero-order valence-corrected chi connectivity index (χ0v) is 16.1. The average Bonchev–Trinajstić information content (AvgIpc) is 2.66. The van der Waals surface area contributed by atoms with Crippen LogP contribution < -0.4 is 4.74 Å². The summed E-state index contributed by atoms with van der Waals surface area (Å²) in [4.78, 5) is 0.244. The molecule has 0 spiro atoms. The van der Waals surface area contributed by atoms with Gasteiger partial charge in [0.15, 0.2) is 0 Å². The minimum Gasteiger partial charge on any atom is -0.488 e. The predicted molar refractivity (Wildman–Crippen MR) is 97.6 cm³/mol. The van der Waals surface area contributed by atoms with Crippen molar-refractivity contribution in [3.63, 3.8) is 0 Å². The Hall–Kier alpha value is -1.37. The van der Waals surface area contributed by atoms with Crippen LogP contribution in [0.2, 0.25) is 0 Å². The van der Waals surface area contributed by atoms with Crippen LogP contribution in [0.25, 0.3) is 0 Å². The monoisotopic (exact) mass is 409 g/mol. The van der Waals surface area contributed by atoms with Crippen molar-refractivity contribution in [2.45, 2.75) is 37.8 Å². The van der Waals surface area contributed by atoms with Gasteiger partial charge in [-0.3, -0.25) is 0 Å². The lowest BCUT2D eigenvalue weighted by molar-refractivity contribution is 0.168. The Kier molecular flexibility index (Phi) is 4.99. The fourth-order valence-electron chi connectivity index (χ4n) is 2.80. The molecular formula is C18H20BrNO3S. The lowest BCUT2D eigenvalue weighted by atomic mass is 10.1. The Morgan fingerprint density at radius 2 is 2.00 bits per heavy atom. The molecule has 24 heavy (non-hydrogen) atoms. The first-order valence-electron chi connectivity index (χ1n) is 7.92. The van der Waals surface area contributed by atoms with Gasteiger partial charge in [0, 0.05) is 11.0 Å². The van der Waals surface area contributed by atoms with Crippen LogP contribution in [0.5, 0.6) is 5.75 Å². The molecule has 0 aromatic heterocycles. The number of sulfonamides is 1. The molecule has 3 rings (SSSR count). The summed E-state index contributed by atoms with van der Waals surface area (Å²) in [5, 5.41) is 0. The van der Waals surface area contributed by atoms with Gasteiger partial charge in [-0.15, -0.1) is 0 Å². The molecule has 0 N–H and O–H groups in total. The van der Waals surface area contributed by atoms with Crippen LogP contribution in [0, 0.1) is 6.92 Å². The molecule has 1 aliphatic heterocycles. The number of halogens is 1. The molecule has 2 aromatic carbocycles. The summed E-state index contributed by atoms with van der Waals surface area (Å²) in [5.74, 6) is 0.442. The topological polar surface area (TPSA) is 46.6 Å². The van der Waals surface area contributed by atoms with E-state index in [1.807, 2.05) is 32.0 Å². The highest BCUT2D eigenvalue weighted by atomic mass is 79.9. The maximum Gasteiger partial charge on any atom is 0.247 e. The fourth-order valence-corrected chi connectivity index (χ4v) is 4.78. The first-order chi connectivity index (χ1) is 11.4. The molecule has 1 heterocycles. The molecule has 4 nitrogen and oxygen atoms in total. The van der Waals surface area contributed by atoms with Crippen molar-refractivity contribution in [1.82, 2.24) is 4.31 Å². The smallest absolute Gasteiger partial charge is 0.247 e. The molecule has 0 unspecified atom stereocenters. The zero-order chi connectivity index (χ0) is 17.3. The highest BCUT2D eigenvalue weighted by Gasteiger charge is 2.34. The molecular weight excluding hydrogens is 390 g/mol. The normalized spacial score (nSPS) is 20.0. The Labute approximate surface area is 151 Å². The number of hydrogen-bond donors (Lipinski definition) is 0. The number of rotatable bonds is 3. The number of aryl methyl sites for hydroxylation is 1. The second-order valence-electron chi connectivity index (χ2n) is 5.96. The molecule has 2 aromatic rings. The van der Waals surface area contributed by atoms with E-state index in [1.54, 1.807) is 24.3 Å². The Bertz CT molecular complexity index is 851. The summed E-state index contributed by atoms with van der Waals surface area (Å²) in [6.07, 6.45) is 0.591. The average molecular weight is 410 g/mol. The van der Waals surface area contributed by atoms with E-state index in [1.165, 1.54) is 4.31 Å². The minimum absolute atomic E-state index is 0.157. The Morgan fingerprint density at radius 3 is 2.75 bits per heavy atom. The van der Waals surface area contributed by atoms with Crippen molar-refractivity contribution < 1.29 is 13.2 Å². The minimum atomic E-state index is -3.60. The van der Waals surface area contributed by atoms with Gasteiger partial charge >= 0.3 is 0 Å². The van der Waals surface area contributed by atoms with Crippen LogP contribution in [0.15, 0.2) is 51.8 Å². The number of ether oxygens (including phenoxy) is 1. The van der Waals surface area contributed by atoms with Crippen molar-refractivity contribution in [1.29, 1.82) is 0 Å². The van der Waals surface area contributed by atoms with Crippen molar-refractivity contribution in [3.8, 4) is 5.75 Å². The van der Waals surface area contributed by atoms with Crippen LogP contribution in [0.1, 0.15) is 24.5 Å². The number of nitrogens with zero attached hydrogens (tertiary/aromatic N) is 1. The lowest BCUT2D eigenvalue weighted by Gasteiger charge is -2.23. The van der Waals surface area contributed by atoms with Gasteiger partial charge in [0.05, 0.1) is 6.54 Å². The van der Waals surface area contributed by atoms with E-state index in [-0.39, 0.29) is 11.0 Å². The molecule has 6 heteroatoms. The van der Waals surface area contributed by atoms with E-state index in [4.69, 9.17) is 4.74 Å². The zero-order valence-electron chi connectivity index (χ0n) is 13.7. The van der Waals surface area contributed by atoms with Gasteiger partial charge in [-0.2, -0.15) is 4.31 Å². The van der Waals surface area contributed by atoms with Gasteiger partial charge in [0.1, 0.15) is 16.7 Å². The molecule has 128 valence electrons. The van der Waals surface area contributed by atoms with Crippen molar-refractivity contribution in [2.24, 2.45) is 0 Å². The van der Waals surface area contributed by atoms with Gasteiger partial charge < -0.3 is 4.74 Å². The van der Waals surface area contributed by atoms with Crippen LogP contribution in [0.4, 0.5) is 0 Å². The molecule has 1 atom stereocenters. The molecule has 0 fully saturated rings. The molecule has 0 saturated carbocycles. The third-order valence-corrected chi connectivity index (χ3v) is 6.63. The van der Waals surface area contributed by atoms with Crippen molar-refractivity contribution in [2.75, 3.05) is 6.54 Å². The van der Waals surface area contributed by atoms with Crippen LogP contribution in [-0.2, 0) is 16.6 Å². The van der Waals surface area contributed by atoms with E-state index in [0.717, 1.165) is 22.0 Å². The summed E-state index contributed by atoms with van der Waals surface area (Å²) in [6.45, 7) is 4.68. The first-order valence-corrected chi connectivity index (χ1v) is 10.2. The molecule has 0 radical (unpaired) electrons. The number of fused-ring (bicyclic) bond motifs is 1. The molecule has 0 bridgehead atoms. The lowest BCUT2D eigenvalue weighted by Crippen LogP contribution is -2.36. The standard InChI is InChI=1S/C18H20BrNO3S/c1-3-16-12-20(11-14-10-15(19)9-8-13(14)2)24(21,22)18-7-5-4-6-17(18)23-16/h4-10,16H,3,11-12H2,1-2H3/t16-/m1/s1. The van der Waals surface area contributed by atoms with Crippen LogP contribution >= 0.6 is 15.9 Å². The maximum atomic E-state index is 13.1. The predicted octanol–water partition coefficient (Wildman–Crippen LogP) is 4.12. The molecule has 0 amide bonds. The largest absolute Gasteiger partial charge is 0.488 e. The first kappa shape index (κ1) is 17.5. The quantitative estimate of drug-likeness (QED) is 0.765. The van der Waals surface area contributed by atoms with Crippen LogP contribution in [0.3, 0.4) is 0 Å². The van der Waals surface area contributed by atoms with Gasteiger partial charge in [-0.1, -0.05) is 41.1 Å². The van der Waals surface area contributed by atoms with Gasteiger partial charge in [-0.05, 0) is 48.7 Å². The summed E-state index contributed by atoms with van der Waals surface area (Å²) in [7, 11) is -3.60. The SMILES string of the molecule is CC[C@@H]1CN(Cc2cc(Br)ccc2C)S(=O)(=O)c2ccccc2O1. The van der Waals surface area contributed by atoms with E-state index >= 15 is 0 Å².